The van der Waals surface area contributed by atoms with Crippen molar-refractivity contribution in [2.75, 3.05) is 12.9 Å². The third-order valence-electron chi connectivity index (χ3n) is 9.63. The number of methoxy groups -OCH3 is 1. The van der Waals surface area contributed by atoms with Gasteiger partial charge < -0.3 is 24.5 Å². The largest absolute Gasteiger partial charge is 0.494 e. The number of hydrogen-bond acceptors (Lipinski definition) is 7. The molecule has 3 N–H and O–H groups in total. The first-order valence-corrected chi connectivity index (χ1v) is 17.4. The van der Waals surface area contributed by atoms with Gasteiger partial charge in [0.15, 0.2) is 5.82 Å². The lowest BCUT2D eigenvalue weighted by atomic mass is 9.97. The van der Waals surface area contributed by atoms with Crippen LogP contribution in [0.2, 0.25) is 0 Å². The minimum atomic E-state index is -3.39. The molecule has 2 bridgehead atoms. The monoisotopic (exact) mass is 619 g/mol. The van der Waals surface area contributed by atoms with E-state index in [2.05, 4.69) is 15.4 Å². The van der Waals surface area contributed by atoms with Crippen LogP contribution in [0.1, 0.15) is 74.5 Å². The van der Waals surface area contributed by atoms with Crippen molar-refractivity contribution in [3.63, 3.8) is 0 Å². The van der Waals surface area contributed by atoms with Gasteiger partial charge in [-0.3, -0.25) is 4.79 Å². The molecule has 4 atom stereocenters. The summed E-state index contributed by atoms with van der Waals surface area (Å²) >= 11 is 0. The van der Waals surface area contributed by atoms with E-state index in [-0.39, 0.29) is 29.8 Å². The number of fused-ring (bicyclic) bond motifs is 4. The Hall–Kier alpha value is -3.48. The summed E-state index contributed by atoms with van der Waals surface area (Å²) in [5.74, 6) is 1.98. The number of aryl methyl sites for hydroxylation is 1. The maximum Gasteiger partial charge on any atom is 0.254 e. The van der Waals surface area contributed by atoms with Gasteiger partial charge in [-0.15, -0.1) is 0 Å². The van der Waals surface area contributed by atoms with Crippen molar-refractivity contribution in [2.45, 2.75) is 83.1 Å². The number of benzene rings is 1. The summed E-state index contributed by atoms with van der Waals surface area (Å²) in [4.78, 5) is 25.8. The first kappa shape index (κ1) is 29.2. The van der Waals surface area contributed by atoms with Crippen molar-refractivity contribution in [1.82, 2.24) is 28.7 Å². The van der Waals surface area contributed by atoms with Gasteiger partial charge in [0.2, 0.25) is 10.0 Å². The number of amides is 1. The number of nitrogens with two attached hydrogens (primary N) is 1. The number of aromatic nitrogens is 4. The molecule has 2 aliphatic heterocycles. The molecule has 5 heterocycles. The second kappa shape index (κ2) is 10.8. The van der Waals surface area contributed by atoms with Crippen molar-refractivity contribution >= 4 is 38.0 Å². The van der Waals surface area contributed by atoms with Crippen LogP contribution in [0.15, 0.2) is 30.3 Å². The molecule has 0 radical (unpaired) electrons. The number of hydrogen-bond donors (Lipinski definition) is 2. The highest BCUT2D eigenvalue weighted by molar-refractivity contribution is 7.89. The molecular weight excluding hydrogens is 578 g/mol. The van der Waals surface area contributed by atoms with Crippen LogP contribution >= 0.6 is 0 Å². The van der Waals surface area contributed by atoms with E-state index < -0.39 is 16.1 Å². The second-order valence-electron chi connectivity index (χ2n) is 12.8. The summed E-state index contributed by atoms with van der Waals surface area (Å²) in [6.45, 7) is 4.48. The SMILES string of the molecule is CCCS(=O)(=O)N[C@H](C)c1ccc2cc(-c3nc4cc(C(=O)N5[C@H]6CC[C@@H]5[C@H](N)C6)cc(OC)c4n3C)n(CC3CC3)c2n1. The zero-order chi connectivity index (χ0) is 30.9. The Labute approximate surface area is 257 Å². The van der Waals surface area contributed by atoms with E-state index in [1.165, 1.54) is 0 Å². The van der Waals surface area contributed by atoms with Gasteiger partial charge in [0.1, 0.15) is 16.9 Å². The zero-order valence-electron chi connectivity index (χ0n) is 25.8. The predicted molar refractivity (Wildman–Crippen MR) is 170 cm³/mol. The van der Waals surface area contributed by atoms with E-state index >= 15 is 0 Å². The summed E-state index contributed by atoms with van der Waals surface area (Å²) in [7, 11) is 0.199. The summed E-state index contributed by atoms with van der Waals surface area (Å²) in [6, 6.07) is 9.56. The molecule has 2 saturated heterocycles. The Morgan fingerprint density at radius 3 is 2.61 bits per heavy atom. The molecule has 0 unspecified atom stereocenters. The maximum atomic E-state index is 13.8. The summed E-state index contributed by atoms with van der Waals surface area (Å²) in [6.07, 6.45) is 5.69. The third kappa shape index (κ3) is 4.96. The van der Waals surface area contributed by atoms with Crippen LogP contribution < -0.4 is 15.2 Å². The van der Waals surface area contributed by atoms with Crippen molar-refractivity contribution in [3.05, 3.63) is 41.6 Å². The van der Waals surface area contributed by atoms with Gasteiger partial charge in [0.05, 0.1) is 35.8 Å². The van der Waals surface area contributed by atoms with Crippen molar-refractivity contribution in [1.29, 1.82) is 0 Å². The molecule has 3 aromatic heterocycles. The van der Waals surface area contributed by atoms with Crippen LogP contribution in [0.5, 0.6) is 5.75 Å². The lowest BCUT2D eigenvalue weighted by molar-refractivity contribution is 0.0726. The summed E-state index contributed by atoms with van der Waals surface area (Å²) in [5, 5.41) is 0.962. The zero-order valence-corrected chi connectivity index (χ0v) is 26.6. The van der Waals surface area contributed by atoms with Gasteiger partial charge in [-0.1, -0.05) is 6.92 Å². The van der Waals surface area contributed by atoms with E-state index in [4.69, 9.17) is 20.4 Å². The molecule has 7 rings (SSSR count). The molecule has 4 aromatic rings. The van der Waals surface area contributed by atoms with Gasteiger partial charge in [-0.05, 0) is 81.7 Å². The number of nitrogens with one attached hydrogen (secondary N) is 1. The average molecular weight is 620 g/mol. The Balaban J connectivity index is 1.30. The average Bonchev–Trinajstić information content (AvgIpc) is 3.31. The standard InChI is InChI=1S/C32H41N7O4S/c1-5-12-44(41,42)36-18(2)24-10-8-20-14-27(38(30(20)34-24)17-19-6-7-19)31-35-25-13-21(15-28(43-4)29(25)37(31)3)32(40)39-22-9-11-26(39)23(33)16-22/h8,10,13-15,18-19,22-23,26,36H,5-7,9,11-12,16-17,33H2,1-4H3/t18-,22+,23-,26-/m1/s1. The van der Waals surface area contributed by atoms with Gasteiger partial charge >= 0.3 is 0 Å². The van der Waals surface area contributed by atoms with Crippen LogP contribution in [-0.4, -0.2) is 69.3 Å². The number of pyridine rings is 1. The molecule has 11 nitrogen and oxygen atoms in total. The van der Waals surface area contributed by atoms with Crippen LogP contribution in [0.25, 0.3) is 33.6 Å². The molecule has 234 valence electrons. The molecule has 1 aliphatic carbocycles. The van der Waals surface area contributed by atoms with E-state index in [0.717, 1.165) is 66.7 Å². The Bertz CT molecular complexity index is 1880. The topological polar surface area (TPSA) is 137 Å². The highest BCUT2D eigenvalue weighted by Gasteiger charge is 2.47. The summed E-state index contributed by atoms with van der Waals surface area (Å²) < 4.78 is 37.8. The second-order valence-corrected chi connectivity index (χ2v) is 14.7. The van der Waals surface area contributed by atoms with Gasteiger partial charge in [-0.2, -0.15) is 0 Å². The first-order chi connectivity index (χ1) is 21.1. The highest BCUT2D eigenvalue weighted by atomic mass is 32.2. The lowest BCUT2D eigenvalue weighted by Gasteiger charge is -2.23. The van der Waals surface area contributed by atoms with Crippen LogP contribution in [-0.2, 0) is 23.6 Å². The number of carbonyl (C=O) groups excluding carboxylic acids is 1. The van der Waals surface area contributed by atoms with Crippen molar-refractivity contribution in [2.24, 2.45) is 18.7 Å². The molecule has 1 aromatic carbocycles. The van der Waals surface area contributed by atoms with Crippen LogP contribution in [0.4, 0.5) is 0 Å². The van der Waals surface area contributed by atoms with E-state index in [1.54, 1.807) is 7.11 Å². The number of carbonyl (C=O) groups is 1. The lowest BCUT2D eigenvalue weighted by Crippen LogP contribution is -2.40. The smallest absolute Gasteiger partial charge is 0.254 e. The fourth-order valence-corrected chi connectivity index (χ4v) is 8.60. The molecule has 44 heavy (non-hydrogen) atoms. The Kier molecular flexibility index (Phi) is 7.21. The summed E-state index contributed by atoms with van der Waals surface area (Å²) in [5.41, 5.74) is 10.8. The van der Waals surface area contributed by atoms with Gasteiger partial charge in [0, 0.05) is 42.7 Å². The van der Waals surface area contributed by atoms with Gasteiger partial charge in [0.25, 0.3) is 5.91 Å². The molecule has 12 heteroatoms. The molecule has 0 spiro atoms. The molecule has 1 amide bonds. The number of sulfonamides is 1. The molecule has 3 fully saturated rings. The van der Waals surface area contributed by atoms with Crippen LogP contribution in [0.3, 0.4) is 0 Å². The quantitative estimate of drug-likeness (QED) is 0.273. The fraction of sp³-hybridized carbons (Fsp3) is 0.531. The van der Waals surface area contributed by atoms with Crippen molar-refractivity contribution in [3.8, 4) is 17.3 Å². The molecular formula is C32H41N7O4S. The fourth-order valence-electron chi connectivity index (χ4n) is 7.29. The third-order valence-corrected chi connectivity index (χ3v) is 11.3. The maximum absolute atomic E-state index is 13.8. The number of rotatable bonds is 10. The highest BCUT2D eigenvalue weighted by Crippen LogP contribution is 2.40. The van der Waals surface area contributed by atoms with Gasteiger partial charge in [-0.25, -0.2) is 23.1 Å². The van der Waals surface area contributed by atoms with Crippen molar-refractivity contribution < 1.29 is 17.9 Å². The van der Waals surface area contributed by atoms with E-state index in [1.807, 2.05) is 54.6 Å². The predicted octanol–water partition coefficient (Wildman–Crippen LogP) is 4.10. The first-order valence-electron chi connectivity index (χ1n) is 15.7. The Morgan fingerprint density at radius 2 is 1.95 bits per heavy atom. The Morgan fingerprint density at radius 1 is 1.16 bits per heavy atom. The minimum absolute atomic E-state index is 0.0129. The minimum Gasteiger partial charge on any atom is -0.494 e. The van der Waals surface area contributed by atoms with E-state index in [0.29, 0.717) is 34.9 Å². The van der Waals surface area contributed by atoms with Crippen LogP contribution in [0, 0.1) is 5.92 Å². The normalized spacial score (nSPS) is 22.4. The number of nitrogens with zero attached hydrogens (tertiary/aromatic N) is 5. The molecule has 1 saturated carbocycles. The van der Waals surface area contributed by atoms with E-state index in [9.17, 15) is 13.2 Å². The number of imidazole rings is 1. The molecule has 3 aliphatic rings. The number of ether oxygens (including phenoxy) is 1.